The topological polar surface area (TPSA) is 50.3 Å². The van der Waals surface area contributed by atoms with Crippen LogP contribution in [0.1, 0.15) is 5.56 Å². The predicted molar refractivity (Wildman–Crippen MR) is 68.9 cm³/mol. The van der Waals surface area contributed by atoms with Gasteiger partial charge in [-0.1, -0.05) is 18.2 Å². The second-order valence-electron chi connectivity index (χ2n) is 4.14. The molecular formula is C13H12N2O2S. The van der Waals surface area contributed by atoms with Crippen LogP contribution in [0.15, 0.2) is 53.7 Å². The fourth-order valence-electron chi connectivity index (χ4n) is 2.17. The van der Waals surface area contributed by atoms with Gasteiger partial charge in [0.2, 0.25) is 0 Å². The van der Waals surface area contributed by atoms with E-state index >= 15 is 0 Å². The van der Waals surface area contributed by atoms with Gasteiger partial charge in [0.25, 0.3) is 10.0 Å². The van der Waals surface area contributed by atoms with E-state index in [4.69, 9.17) is 0 Å². The summed E-state index contributed by atoms with van der Waals surface area (Å²) in [5.41, 5.74) is 1.73. The summed E-state index contributed by atoms with van der Waals surface area (Å²) in [6.45, 7) is 0.484. The Bertz CT molecular complexity index is 668. The molecule has 4 nitrogen and oxygen atoms in total. The molecule has 0 saturated heterocycles. The van der Waals surface area contributed by atoms with Gasteiger partial charge in [-0.15, -0.1) is 0 Å². The lowest BCUT2D eigenvalue weighted by Crippen LogP contribution is -2.29. The molecule has 0 radical (unpaired) electrons. The van der Waals surface area contributed by atoms with Gasteiger partial charge < -0.3 is 0 Å². The zero-order valence-electron chi connectivity index (χ0n) is 9.65. The summed E-state index contributed by atoms with van der Waals surface area (Å²) in [6, 6.07) is 10.3. The first kappa shape index (κ1) is 11.2. The second-order valence-corrected chi connectivity index (χ2v) is 6.01. The van der Waals surface area contributed by atoms with Crippen molar-refractivity contribution >= 4 is 15.7 Å². The van der Waals surface area contributed by atoms with Crippen molar-refractivity contribution in [3.05, 3.63) is 54.4 Å². The van der Waals surface area contributed by atoms with E-state index in [2.05, 4.69) is 4.98 Å². The molecule has 0 bridgehead atoms. The van der Waals surface area contributed by atoms with Crippen molar-refractivity contribution < 1.29 is 8.42 Å². The average molecular weight is 260 g/mol. The molecule has 1 aliphatic heterocycles. The van der Waals surface area contributed by atoms with E-state index < -0.39 is 10.0 Å². The van der Waals surface area contributed by atoms with Crippen molar-refractivity contribution in [1.29, 1.82) is 0 Å². The number of hydrogen-bond donors (Lipinski definition) is 0. The van der Waals surface area contributed by atoms with E-state index in [9.17, 15) is 8.42 Å². The van der Waals surface area contributed by atoms with Crippen LogP contribution in [0, 0.1) is 0 Å². The Kier molecular flexibility index (Phi) is 2.56. The lowest BCUT2D eigenvalue weighted by molar-refractivity contribution is 0.592. The highest BCUT2D eigenvalue weighted by molar-refractivity contribution is 7.92. The summed E-state index contributed by atoms with van der Waals surface area (Å²) in [5.74, 6) is 0. The molecule has 0 unspecified atom stereocenters. The predicted octanol–water partition coefficient (Wildman–Crippen LogP) is 1.83. The molecule has 0 saturated carbocycles. The molecule has 2 heterocycles. The number of benzene rings is 1. The molecule has 0 amide bonds. The zero-order chi connectivity index (χ0) is 12.6. The van der Waals surface area contributed by atoms with Gasteiger partial charge in [-0.25, -0.2) is 8.42 Å². The fraction of sp³-hybridized carbons (Fsp3) is 0.154. The zero-order valence-corrected chi connectivity index (χ0v) is 10.5. The number of pyridine rings is 1. The monoisotopic (exact) mass is 260 g/mol. The minimum absolute atomic E-state index is 0.328. The summed E-state index contributed by atoms with van der Waals surface area (Å²) in [7, 11) is -3.45. The summed E-state index contributed by atoms with van der Waals surface area (Å²) >= 11 is 0. The molecule has 3 rings (SSSR count). The van der Waals surface area contributed by atoms with Crippen molar-refractivity contribution in [2.24, 2.45) is 0 Å². The summed E-state index contributed by atoms with van der Waals surface area (Å²) < 4.78 is 26.5. The minimum Gasteiger partial charge on any atom is -0.266 e. The highest BCUT2D eigenvalue weighted by Crippen LogP contribution is 2.31. The first-order valence-electron chi connectivity index (χ1n) is 5.70. The van der Waals surface area contributed by atoms with E-state index in [0.717, 1.165) is 17.7 Å². The Labute approximate surface area is 106 Å². The maximum Gasteiger partial charge on any atom is 0.264 e. The lowest BCUT2D eigenvalue weighted by atomic mass is 10.2. The maximum absolute atomic E-state index is 12.5. The second kappa shape index (κ2) is 4.10. The van der Waals surface area contributed by atoms with Gasteiger partial charge in [-0.2, -0.15) is 0 Å². The maximum atomic E-state index is 12.5. The number of anilines is 1. The molecule has 18 heavy (non-hydrogen) atoms. The Morgan fingerprint density at radius 3 is 2.67 bits per heavy atom. The average Bonchev–Trinajstić information content (AvgIpc) is 2.84. The molecule has 1 aliphatic rings. The van der Waals surface area contributed by atoms with Crippen molar-refractivity contribution in [2.75, 3.05) is 10.8 Å². The quantitative estimate of drug-likeness (QED) is 0.827. The third-order valence-corrected chi connectivity index (χ3v) is 4.89. The molecule has 0 atom stereocenters. The number of hydrogen-bond acceptors (Lipinski definition) is 3. The lowest BCUT2D eigenvalue weighted by Gasteiger charge is -2.19. The van der Waals surface area contributed by atoms with Crippen LogP contribution in [0.4, 0.5) is 5.69 Å². The highest BCUT2D eigenvalue weighted by Gasteiger charge is 2.30. The molecule has 0 fully saturated rings. The standard InChI is InChI=1S/C13H12N2O2S/c16-18(17,12-4-2-1-3-5-12)15-9-7-11-10-14-8-6-13(11)15/h1-6,8,10H,7,9H2. The Balaban J connectivity index is 2.08. The molecule has 1 aromatic carbocycles. The van der Waals surface area contributed by atoms with E-state index in [1.807, 2.05) is 0 Å². The van der Waals surface area contributed by atoms with Crippen molar-refractivity contribution in [3.8, 4) is 0 Å². The molecule has 0 aliphatic carbocycles. The highest BCUT2D eigenvalue weighted by atomic mass is 32.2. The number of sulfonamides is 1. The van der Waals surface area contributed by atoms with Gasteiger partial charge in [-0.3, -0.25) is 9.29 Å². The first-order valence-corrected chi connectivity index (χ1v) is 7.14. The van der Waals surface area contributed by atoms with Crippen LogP contribution in [0.5, 0.6) is 0 Å². The van der Waals surface area contributed by atoms with Crippen LogP contribution in [0.2, 0.25) is 0 Å². The fourth-order valence-corrected chi connectivity index (χ4v) is 3.69. The Morgan fingerprint density at radius 2 is 1.89 bits per heavy atom. The van der Waals surface area contributed by atoms with Crippen LogP contribution in [-0.4, -0.2) is 19.9 Å². The van der Waals surface area contributed by atoms with Crippen molar-refractivity contribution in [2.45, 2.75) is 11.3 Å². The Hall–Kier alpha value is -1.88. The molecule has 2 aromatic rings. The smallest absolute Gasteiger partial charge is 0.264 e. The summed E-state index contributed by atoms with van der Waals surface area (Å²) in [6.07, 6.45) is 4.07. The summed E-state index contributed by atoms with van der Waals surface area (Å²) in [4.78, 5) is 4.35. The molecule has 5 heteroatoms. The van der Waals surface area contributed by atoms with Gasteiger partial charge in [0.1, 0.15) is 0 Å². The first-order chi connectivity index (χ1) is 8.69. The van der Waals surface area contributed by atoms with Crippen LogP contribution < -0.4 is 4.31 Å². The van der Waals surface area contributed by atoms with E-state index in [0.29, 0.717) is 11.4 Å². The molecule has 1 aromatic heterocycles. The van der Waals surface area contributed by atoms with Gasteiger partial charge in [0, 0.05) is 18.9 Å². The third-order valence-electron chi connectivity index (χ3n) is 3.06. The summed E-state index contributed by atoms with van der Waals surface area (Å²) in [5, 5.41) is 0. The van der Waals surface area contributed by atoms with Gasteiger partial charge in [0.15, 0.2) is 0 Å². The van der Waals surface area contributed by atoms with Gasteiger partial charge in [0.05, 0.1) is 10.6 Å². The number of fused-ring (bicyclic) bond motifs is 1. The minimum atomic E-state index is -3.45. The Morgan fingerprint density at radius 1 is 1.11 bits per heavy atom. The molecular weight excluding hydrogens is 248 g/mol. The normalized spacial score (nSPS) is 14.6. The van der Waals surface area contributed by atoms with Crippen LogP contribution in [0.3, 0.4) is 0 Å². The molecule has 0 N–H and O–H groups in total. The van der Waals surface area contributed by atoms with Gasteiger partial charge >= 0.3 is 0 Å². The number of rotatable bonds is 2. The van der Waals surface area contributed by atoms with E-state index in [1.165, 1.54) is 4.31 Å². The van der Waals surface area contributed by atoms with Crippen LogP contribution >= 0.6 is 0 Å². The van der Waals surface area contributed by atoms with Crippen LogP contribution in [-0.2, 0) is 16.4 Å². The van der Waals surface area contributed by atoms with E-state index in [1.54, 1.807) is 48.8 Å². The number of aromatic nitrogens is 1. The largest absolute Gasteiger partial charge is 0.266 e. The van der Waals surface area contributed by atoms with Crippen molar-refractivity contribution in [3.63, 3.8) is 0 Å². The van der Waals surface area contributed by atoms with Crippen LogP contribution in [0.25, 0.3) is 0 Å². The van der Waals surface area contributed by atoms with E-state index in [-0.39, 0.29) is 0 Å². The SMILES string of the molecule is O=S(=O)(c1ccccc1)N1CCc2cnccc21. The molecule has 92 valence electrons. The van der Waals surface area contributed by atoms with Crippen molar-refractivity contribution in [1.82, 2.24) is 4.98 Å². The third kappa shape index (κ3) is 1.67. The number of nitrogens with zero attached hydrogens (tertiary/aromatic N) is 2. The van der Waals surface area contributed by atoms with Gasteiger partial charge in [-0.05, 0) is 30.2 Å². The molecule has 0 spiro atoms.